The third kappa shape index (κ3) is 5.39. The highest BCUT2D eigenvalue weighted by Crippen LogP contribution is 2.12. The maximum absolute atomic E-state index is 12.4. The van der Waals surface area contributed by atoms with E-state index in [2.05, 4.69) is 39.0 Å². The standard InChI is InChI=1S/C13H27N5O2S/c1-5-14-8-12-9-15-16-13(12)21(19,20)17-11(4)10-18(6-2)7-3/h9,11,14,17H,5-8,10H2,1-4H3,(H,15,16). The van der Waals surface area contributed by atoms with Gasteiger partial charge in [0, 0.05) is 24.7 Å². The summed E-state index contributed by atoms with van der Waals surface area (Å²) in [6.45, 7) is 11.7. The molecule has 0 saturated carbocycles. The Morgan fingerprint density at radius 3 is 2.57 bits per heavy atom. The minimum absolute atomic E-state index is 0.148. The van der Waals surface area contributed by atoms with E-state index in [1.54, 1.807) is 6.20 Å². The van der Waals surface area contributed by atoms with E-state index >= 15 is 0 Å². The van der Waals surface area contributed by atoms with Crippen LogP contribution in [0.15, 0.2) is 11.2 Å². The summed E-state index contributed by atoms with van der Waals surface area (Å²) >= 11 is 0. The highest BCUT2D eigenvalue weighted by molar-refractivity contribution is 7.89. The molecular formula is C13H27N5O2S. The minimum Gasteiger partial charge on any atom is -0.313 e. The van der Waals surface area contributed by atoms with Crippen LogP contribution in [0.3, 0.4) is 0 Å². The Morgan fingerprint density at radius 2 is 2.00 bits per heavy atom. The largest absolute Gasteiger partial charge is 0.313 e. The fourth-order valence-electron chi connectivity index (χ4n) is 2.15. The summed E-state index contributed by atoms with van der Waals surface area (Å²) in [6.07, 6.45) is 1.55. The molecule has 0 saturated heterocycles. The number of nitrogens with zero attached hydrogens (tertiary/aromatic N) is 2. The minimum atomic E-state index is -3.57. The van der Waals surface area contributed by atoms with Gasteiger partial charge in [0.1, 0.15) is 0 Å². The molecule has 0 aliphatic rings. The maximum atomic E-state index is 12.4. The molecule has 0 aliphatic carbocycles. The van der Waals surface area contributed by atoms with Crippen molar-refractivity contribution < 1.29 is 8.42 Å². The van der Waals surface area contributed by atoms with Crippen molar-refractivity contribution in [3.8, 4) is 0 Å². The van der Waals surface area contributed by atoms with Crippen molar-refractivity contribution in [3.05, 3.63) is 11.8 Å². The van der Waals surface area contributed by atoms with Gasteiger partial charge < -0.3 is 10.2 Å². The van der Waals surface area contributed by atoms with E-state index in [1.807, 2.05) is 13.8 Å². The third-order valence-electron chi connectivity index (χ3n) is 3.30. The molecule has 0 aliphatic heterocycles. The molecule has 1 rings (SSSR count). The van der Waals surface area contributed by atoms with Crippen LogP contribution in [0.4, 0.5) is 0 Å². The summed E-state index contributed by atoms with van der Waals surface area (Å²) in [5, 5.41) is 9.69. The summed E-state index contributed by atoms with van der Waals surface area (Å²) in [7, 11) is -3.57. The molecule has 122 valence electrons. The number of hydrogen-bond donors (Lipinski definition) is 3. The van der Waals surface area contributed by atoms with Crippen LogP contribution in [-0.2, 0) is 16.6 Å². The number of hydrogen-bond acceptors (Lipinski definition) is 5. The van der Waals surface area contributed by atoms with Crippen LogP contribution in [-0.4, -0.2) is 55.7 Å². The molecule has 21 heavy (non-hydrogen) atoms. The summed E-state index contributed by atoms with van der Waals surface area (Å²) in [6, 6.07) is -0.162. The Kier molecular flexibility index (Phi) is 7.30. The quantitative estimate of drug-likeness (QED) is 0.585. The Bertz CT molecular complexity index is 510. The normalized spacial score (nSPS) is 13.8. The molecule has 1 aromatic heterocycles. The number of nitrogens with one attached hydrogen (secondary N) is 3. The zero-order valence-corrected chi connectivity index (χ0v) is 14.1. The smallest absolute Gasteiger partial charge is 0.258 e. The highest BCUT2D eigenvalue weighted by atomic mass is 32.2. The SMILES string of the molecule is CCNCc1cn[nH]c1S(=O)(=O)NC(C)CN(CC)CC. The highest BCUT2D eigenvalue weighted by Gasteiger charge is 2.23. The van der Waals surface area contributed by atoms with Gasteiger partial charge >= 0.3 is 0 Å². The molecule has 0 aromatic carbocycles. The number of likely N-dealkylation sites (N-methyl/N-ethyl adjacent to an activating group) is 1. The van der Waals surface area contributed by atoms with Crippen LogP contribution in [0.5, 0.6) is 0 Å². The predicted molar refractivity (Wildman–Crippen MR) is 83.5 cm³/mol. The molecular weight excluding hydrogens is 290 g/mol. The van der Waals surface area contributed by atoms with Gasteiger partial charge in [0.15, 0.2) is 5.03 Å². The van der Waals surface area contributed by atoms with Gasteiger partial charge in [-0.05, 0) is 26.6 Å². The lowest BCUT2D eigenvalue weighted by atomic mass is 10.3. The van der Waals surface area contributed by atoms with Gasteiger partial charge in [0.05, 0.1) is 6.20 Å². The van der Waals surface area contributed by atoms with Crippen molar-refractivity contribution in [1.82, 2.24) is 25.1 Å². The summed E-state index contributed by atoms with van der Waals surface area (Å²) in [5.74, 6) is 0. The van der Waals surface area contributed by atoms with Crippen LogP contribution < -0.4 is 10.0 Å². The first-order valence-corrected chi connectivity index (χ1v) is 8.90. The molecule has 1 aromatic rings. The first-order chi connectivity index (χ1) is 9.94. The van der Waals surface area contributed by atoms with Crippen LogP contribution in [0.25, 0.3) is 0 Å². The molecule has 0 bridgehead atoms. The molecule has 1 heterocycles. The van der Waals surface area contributed by atoms with E-state index in [0.29, 0.717) is 18.7 Å². The van der Waals surface area contributed by atoms with E-state index in [-0.39, 0.29) is 11.1 Å². The van der Waals surface area contributed by atoms with Crippen LogP contribution in [0.2, 0.25) is 0 Å². The molecule has 8 heteroatoms. The number of rotatable bonds is 10. The second-order valence-electron chi connectivity index (χ2n) is 5.01. The molecule has 1 atom stereocenters. The number of aromatic nitrogens is 2. The first kappa shape index (κ1) is 18.1. The van der Waals surface area contributed by atoms with Crippen molar-refractivity contribution in [1.29, 1.82) is 0 Å². The van der Waals surface area contributed by atoms with Crippen molar-refractivity contribution in [2.24, 2.45) is 0 Å². The van der Waals surface area contributed by atoms with E-state index in [4.69, 9.17) is 0 Å². The lowest BCUT2D eigenvalue weighted by molar-refractivity contribution is 0.282. The maximum Gasteiger partial charge on any atom is 0.258 e. The van der Waals surface area contributed by atoms with Crippen LogP contribution in [0, 0.1) is 0 Å². The van der Waals surface area contributed by atoms with Crippen molar-refractivity contribution >= 4 is 10.0 Å². The predicted octanol–water partition coefficient (Wildman–Crippen LogP) is 0.528. The van der Waals surface area contributed by atoms with Gasteiger partial charge in [0.25, 0.3) is 10.0 Å². The third-order valence-corrected chi connectivity index (χ3v) is 4.90. The fourth-order valence-corrected chi connectivity index (χ4v) is 3.51. The van der Waals surface area contributed by atoms with E-state index in [9.17, 15) is 8.42 Å². The Hall–Kier alpha value is -0.960. The molecule has 0 amide bonds. The van der Waals surface area contributed by atoms with Gasteiger partial charge in [0.2, 0.25) is 0 Å². The number of H-pyrrole nitrogens is 1. The second kappa shape index (κ2) is 8.47. The Labute approximate surface area is 127 Å². The Morgan fingerprint density at radius 1 is 1.33 bits per heavy atom. The number of sulfonamides is 1. The van der Waals surface area contributed by atoms with Gasteiger partial charge in [-0.15, -0.1) is 0 Å². The van der Waals surface area contributed by atoms with Crippen molar-refractivity contribution in [2.45, 2.75) is 45.3 Å². The summed E-state index contributed by atoms with van der Waals surface area (Å²) < 4.78 is 27.5. The van der Waals surface area contributed by atoms with Gasteiger partial charge in [-0.1, -0.05) is 20.8 Å². The number of aromatic amines is 1. The fraction of sp³-hybridized carbons (Fsp3) is 0.769. The lowest BCUT2D eigenvalue weighted by Crippen LogP contribution is -2.42. The monoisotopic (exact) mass is 317 g/mol. The summed E-state index contributed by atoms with van der Waals surface area (Å²) in [5.41, 5.74) is 0.652. The van der Waals surface area contributed by atoms with Crippen molar-refractivity contribution in [2.75, 3.05) is 26.2 Å². The van der Waals surface area contributed by atoms with Gasteiger partial charge in [-0.25, -0.2) is 13.1 Å². The first-order valence-electron chi connectivity index (χ1n) is 7.42. The van der Waals surface area contributed by atoms with Gasteiger partial charge in [-0.2, -0.15) is 5.10 Å². The van der Waals surface area contributed by atoms with E-state index in [0.717, 1.165) is 19.6 Å². The zero-order valence-electron chi connectivity index (χ0n) is 13.3. The second-order valence-corrected chi connectivity index (χ2v) is 6.66. The molecule has 3 N–H and O–H groups in total. The summed E-state index contributed by atoms with van der Waals surface area (Å²) in [4.78, 5) is 2.18. The molecule has 0 fully saturated rings. The average molecular weight is 317 g/mol. The molecule has 0 radical (unpaired) electrons. The van der Waals surface area contributed by atoms with Crippen molar-refractivity contribution in [3.63, 3.8) is 0 Å². The van der Waals surface area contributed by atoms with Gasteiger partial charge in [-0.3, -0.25) is 5.10 Å². The molecule has 7 nitrogen and oxygen atoms in total. The lowest BCUT2D eigenvalue weighted by Gasteiger charge is -2.23. The van der Waals surface area contributed by atoms with E-state index < -0.39 is 10.0 Å². The Balaban J connectivity index is 2.75. The molecule has 1 unspecified atom stereocenters. The molecule has 0 spiro atoms. The average Bonchev–Trinajstić information content (AvgIpc) is 2.91. The topological polar surface area (TPSA) is 90.1 Å². The van der Waals surface area contributed by atoms with Crippen LogP contribution >= 0.6 is 0 Å². The zero-order chi connectivity index (χ0) is 15.9. The van der Waals surface area contributed by atoms with Crippen LogP contribution in [0.1, 0.15) is 33.3 Å². The van der Waals surface area contributed by atoms with E-state index in [1.165, 1.54) is 0 Å².